The van der Waals surface area contributed by atoms with Crippen molar-refractivity contribution in [2.45, 2.75) is 32.2 Å². The van der Waals surface area contributed by atoms with E-state index in [0.29, 0.717) is 5.89 Å². The Labute approximate surface area is 114 Å². The zero-order valence-electron chi connectivity index (χ0n) is 10.8. The summed E-state index contributed by atoms with van der Waals surface area (Å²) in [5, 5.41) is 9.49. The Morgan fingerprint density at radius 2 is 2.53 bits per heavy atom. The number of hydrogen-bond acceptors (Lipinski definition) is 6. The lowest BCUT2D eigenvalue weighted by Crippen LogP contribution is -2.34. The van der Waals surface area contributed by atoms with Gasteiger partial charge < -0.3 is 4.42 Å². The van der Waals surface area contributed by atoms with Gasteiger partial charge in [-0.25, -0.2) is 14.9 Å². The maximum atomic E-state index is 11.0. The summed E-state index contributed by atoms with van der Waals surface area (Å²) < 4.78 is 5.06. The van der Waals surface area contributed by atoms with Gasteiger partial charge in [-0.2, -0.15) is 0 Å². The fourth-order valence-electron chi connectivity index (χ4n) is 2.48. The molecule has 19 heavy (non-hydrogen) atoms. The maximum absolute atomic E-state index is 11.0. The van der Waals surface area contributed by atoms with E-state index < -0.39 is 5.76 Å². The Balaban J connectivity index is 1.66. The van der Waals surface area contributed by atoms with E-state index in [1.54, 1.807) is 11.3 Å². The van der Waals surface area contributed by atoms with E-state index in [1.807, 2.05) is 6.92 Å². The number of H-pyrrole nitrogens is 1. The van der Waals surface area contributed by atoms with Crippen molar-refractivity contribution in [3.8, 4) is 0 Å². The molecule has 0 saturated carbocycles. The Morgan fingerprint density at radius 1 is 1.63 bits per heavy atom. The zero-order chi connectivity index (χ0) is 13.2. The molecule has 0 spiro atoms. The topological polar surface area (TPSA) is 75.0 Å². The molecule has 1 aliphatic rings. The largest absolute Gasteiger partial charge is 0.434 e. The Kier molecular flexibility index (Phi) is 3.48. The summed E-state index contributed by atoms with van der Waals surface area (Å²) >= 11 is 1.70. The molecular formula is C12H16N4O2S. The van der Waals surface area contributed by atoms with Crippen molar-refractivity contribution in [3.63, 3.8) is 0 Å². The second-order valence-electron chi connectivity index (χ2n) is 4.91. The van der Waals surface area contributed by atoms with E-state index in [1.165, 1.54) is 0 Å². The predicted octanol–water partition coefficient (Wildman–Crippen LogP) is 1.51. The van der Waals surface area contributed by atoms with Crippen LogP contribution in [-0.2, 0) is 6.54 Å². The number of rotatable bonds is 3. The van der Waals surface area contributed by atoms with Gasteiger partial charge in [-0.05, 0) is 26.3 Å². The lowest BCUT2D eigenvalue weighted by Gasteiger charge is -2.30. The minimum Gasteiger partial charge on any atom is -0.392 e. The van der Waals surface area contributed by atoms with Gasteiger partial charge in [-0.3, -0.25) is 4.90 Å². The third-order valence-corrected chi connectivity index (χ3v) is 4.29. The minimum atomic E-state index is -0.470. The molecular weight excluding hydrogens is 264 g/mol. The van der Waals surface area contributed by atoms with Crippen molar-refractivity contribution < 1.29 is 4.42 Å². The number of aromatic nitrogens is 3. The van der Waals surface area contributed by atoms with Crippen LogP contribution in [0.4, 0.5) is 0 Å². The van der Waals surface area contributed by atoms with Crippen molar-refractivity contribution >= 4 is 11.3 Å². The van der Waals surface area contributed by atoms with E-state index in [4.69, 9.17) is 4.42 Å². The Morgan fingerprint density at radius 3 is 3.21 bits per heavy atom. The Bertz CT molecular complexity index is 603. The van der Waals surface area contributed by atoms with Crippen LogP contribution in [0, 0.1) is 6.92 Å². The molecule has 1 saturated heterocycles. The number of nitrogens with zero attached hydrogens (tertiary/aromatic N) is 3. The third-order valence-electron chi connectivity index (χ3n) is 3.33. The molecule has 2 aromatic rings. The smallest absolute Gasteiger partial charge is 0.392 e. The van der Waals surface area contributed by atoms with Crippen LogP contribution in [0.2, 0.25) is 0 Å². The summed E-state index contributed by atoms with van der Waals surface area (Å²) in [6.45, 7) is 4.80. The highest BCUT2D eigenvalue weighted by molar-refractivity contribution is 7.09. The number of aryl methyl sites for hydroxylation is 1. The van der Waals surface area contributed by atoms with Gasteiger partial charge in [0.1, 0.15) is 5.01 Å². The second-order valence-corrected chi connectivity index (χ2v) is 5.85. The van der Waals surface area contributed by atoms with Crippen LogP contribution >= 0.6 is 11.3 Å². The molecule has 3 heterocycles. The fourth-order valence-corrected chi connectivity index (χ4v) is 3.30. The molecule has 102 valence electrons. The lowest BCUT2D eigenvalue weighted by atomic mass is 9.98. The SMILES string of the molecule is Cc1csc(CN2CCCC(c3n[nH]c(=O)o3)C2)n1. The number of hydrogen-bond donors (Lipinski definition) is 1. The van der Waals surface area contributed by atoms with E-state index in [-0.39, 0.29) is 5.92 Å². The number of likely N-dealkylation sites (tertiary alicyclic amines) is 1. The monoisotopic (exact) mass is 280 g/mol. The molecule has 7 heteroatoms. The van der Waals surface area contributed by atoms with Gasteiger partial charge in [0, 0.05) is 17.6 Å². The minimum absolute atomic E-state index is 0.203. The maximum Gasteiger partial charge on any atom is 0.434 e. The predicted molar refractivity (Wildman–Crippen MR) is 71.2 cm³/mol. The summed E-state index contributed by atoms with van der Waals surface area (Å²) in [6, 6.07) is 0. The van der Waals surface area contributed by atoms with E-state index in [9.17, 15) is 4.79 Å². The van der Waals surface area contributed by atoms with Gasteiger partial charge in [-0.1, -0.05) is 0 Å². The first-order valence-corrected chi connectivity index (χ1v) is 7.27. The van der Waals surface area contributed by atoms with Crippen molar-refractivity contribution in [1.29, 1.82) is 0 Å². The van der Waals surface area contributed by atoms with Crippen LogP contribution < -0.4 is 5.76 Å². The Hall–Kier alpha value is -1.47. The average molecular weight is 280 g/mol. The van der Waals surface area contributed by atoms with Crippen LogP contribution in [-0.4, -0.2) is 33.2 Å². The van der Waals surface area contributed by atoms with Gasteiger partial charge >= 0.3 is 5.76 Å². The van der Waals surface area contributed by atoms with E-state index in [2.05, 4.69) is 25.5 Å². The molecule has 0 bridgehead atoms. The first-order valence-electron chi connectivity index (χ1n) is 6.39. The van der Waals surface area contributed by atoms with Crippen LogP contribution in [0.15, 0.2) is 14.6 Å². The van der Waals surface area contributed by atoms with Crippen LogP contribution in [0.5, 0.6) is 0 Å². The average Bonchev–Trinajstić information content (AvgIpc) is 2.99. The first-order chi connectivity index (χ1) is 9.20. The highest BCUT2D eigenvalue weighted by Crippen LogP contribution is 2.26. The molecule has 6 nitrogen and oxygen atoms in total. The lowest BCUT2D eigenvalue weighted by molar-refractivity contribution is 0.185. The van der Waals surface area contributed by atoms with Gasteiger partial charge in [-0.15, -0.1) is 16.4 Å². The summed E-state index contributed by atoms with van der Waals surface area (Å²) in [7, 11) is 0. The molecule has 3 rings (SSSR count). The first kappa shape index (κ1) is 12.6. The molecule has 0 aliphatic carbocycles. The number of piperidine rings is 1. The number of aromatic amines is 1. The van der Waals surface area contributed by atoms with Crippen molar-refractivity contribution in [1.82, 2.24) is 20.1 Å². The summed E-state index contributed by atoms with van der Waals surface area (Å²) in [5.74, 6) is 0.265. The van der Waals surface area contributed by atoms with E-state index >= 15 is 0 Å². The molecule has 2 aromatic heterocycles. The molecule has 1 N–H and O–H groups in total. The summed E-state index contributed by atoms with van der Waals surface area (Å²) in [5.41, 5.74) is 1.08. The fraction of sp³-hybridized carbons (Fsp3) is 0.583. The number of thiazole rings is 1. The van der Waals surface area contributed by atoms with E-state index in [0.717, 1.165) is 43.2 Å². The van der Waals surface area contributed by atoms with Gasteiger partial charge in [0.2, 0.25) is 5.89 Å². The zero-order valence-corrected chi connectivity index (χ0v) is 11.6. The normalized spacial score (nSPS) is 20.8. The third kappa shape index (κ3) is 2.93. The quantitative estimate of drug-likeness (QED) is 0.922. The molecule has 1 unspecified atom stereocenters. The molecule has 0 radical (unpaired) electrons. The number of nitrogens with one attached hydrogen (secondary N) is 1. The molecule has 0 amide bonds. The van der Waals surface area contributed by atoms with Gasteiger partial charge in [0.05, 0.1) is 12.5 Å². The van der Waals surface area contributed by atoms with Crippen LogP contribution in [0.25, 0.3) is 0 Å². The van der Waals surface area contributed by atoms with Crippen LogP contribution in [0.1, 0.15) is 35.4 Å². The van der Waals surface area contributed by atoms with Crippen molar-refractivity contribution in [2.24, 2.45) is 0 Å². The summed E-state index contributed by atoms with van der Waals surface area (Å²) in [4.78, 5) is 17.8. The van der Waals surface area contributed by atoms with Crippen molar-refractivity contribution in [2.75, 3.05) is 13.1 Å². The molecule has 1 aliphatic heterocycles. The molecule has 0 aromatic carbocycles. The summed E-state index contributed by atoms with van der Waals surface area (Å²) in [6.07, 6.45) is 2.10. The van der Waals surface area contributed by atoms with Crippen LogP contribution in [0.3, 0.4) is 0 Å². The second kappa shape index (κ2) is 5.26. The van der Waals surface area contributed by atoms with Gasteiger partial charge in [0.25, 0.3) is 0 Å². The highest BCUT2D eigenvalue weighted by Gasteiger charge is 2.25. The standard InChI is InChI=1S/C12H16N4O2S/c1-8-7-19-10(13-8)6-16-4-2-3-9(5-16)11-14-15-12(17)18-11/h7,9H,2-6H2,1H3,(H,15,17). The molecule has 1 atom stereocenters. The van der Waals surface area contributed by atoms with Crippen molar-refractivity contribution in [3.05, 3.63) is 32.5 Å². The highest BCUT2D eigenvalue weighted by atomic mass is 32.1. The molecule has 1 fully saturated rings. The van der Waals surface area contributed by atoms with Gasteiger partial charge in [0.15, 0.2) is 0 Å².